The van der Waals surface area contributed by atoms with Gasteiger partial charge in [0, 0.05) is 49.3 Å². The van der Waals surface area contributed by atoms with Crippen molar-refractivity contribution >= 4 is 45.1 Å². The Balaban J connectivity index is 1.65. The van der Waals surface area contributed by atoms with Gasteiger partial charge in [-0.25, -0.2) is 17.9 Å². The quantitative estimate of drug-likeness (QED) is 0.260. The van der Waals surface area contributed by atoms with Crippen LogP contribution in [0, 0.1) is 0 Å². The van der Waals surface area contributed by atoms with Crippen LogP contribution in [-0.4, -0.2) is 87.1 Å². The summed E-state index contributed by atoms with van der Waals surface area (Å²) >= 11 is 12.8. The number of amides is 2. The molecule has 2 atom stereocenters. The minimum Gasteiger partial charge on any atom is -0.493 e. The summed E-state index contributed by atoms with van der Waals surface area (Å²) in [5.74, 6) is 1.18. The molecule has 1 fully saturated rings. The van der Waals surface area contributed by atoms with Crippen LogP contribution in [0.4, 0.5) is 4.79 Å². The highest BCUT2D eigenvalue weighted by Crippen LogP contribution is 2.54. The lowest BCUT2D eigenvalue weighted by atomic mass is 9.71. The number of rotatable bonds is 9. The first-order valence-corrected chi connectivity index (χ1v) is 19.3. The number of amidine groups is 1. The average molecular weight is 729 g/mol. The van der Waals surface area contributed by atoms with Gasteiger partial charge in [0.15, 0.2) is 0 Å². The first kappa shape index (κ1) is 37.1. The lowest BCUT2D eigenvalue weighted by Crippen LogP contribution is -2.61. The number of nitrogens with one attached hydrogen (secondary N) is 1. The normalized spacial score (nSPS) is 21.9. The molecule has 0 aliphatic carbocycles. The number of piperazine rings is 1. The van der Waals surface area contributed by atoms with E-state index >= 15 is 4.79 Å². The Labute approximate surface area is 301 Å². The SMILES string of the molecule is CCOc1cc(C(C)(C)C)ccc1C1=N[C@@](C)(c2ccc(Cl)cc2)[C@@](C)(c2ccc(Cl)cc2)N1C(=O)N1CCN(CCNS(C)(=O)=O)CC1. The lowest BCUT2D eigenvalue weighted by molar-refractivity contribution is 0.0872. The number of hydrogen-bond donors (Lipinski definition) is 1. The molecule has 2 amide bonds. The first-order valence-electron chi connectivity index (χ1n) is 16.6. The van der Waals surface area contributed by atoms with Crippen LogP contribution >= 0.6 is 23.2 Å². The average Bonchev–Trinajstić information content (AvgIpc) is 3.28. The molecule has 12 heteroatoms. The first-order chi connectivity index (χ1) is 23.0. The molecule has 5 rings (SSSR count). The summed E-state index contributed by atoms with van der Waals surface area (Å²) in [7, 11) is -3.28. The van der Waals surface area contributed by atoms with Gasteiger partial charge in [-0.05, 0) is 79.3 Å². The maximum Gasteiger partial charge on any atom is 0.326 e. The second-order valence-electron chi connectivity index (χ2n) is 14.1. The van der Waals surface area contributed by atoms with Crippen molar-refractivity contribution in [3.05, 3.63) is 99.0 Å². The molecule has 49 heavy (non-hydrogen) atoms. The molecule has 2 aliphatic rings. The van der Waals surface area contributed by atoms with Crippen molar-refractivity contribution in [1.29, 1.82) is 0 Å². The highest BCUT2D eigenvalue weighted by atomic mass is 35.5. The zero-order valence-electron chi connectivity index (χ0n) is 29.4. The summed E-state index contributed by atoms with van der Waals surface area (Å²) in [5.41, 5.74) is 1.52. The molecule has 0 bridgehead atoms. The van der Waals surface area contributed by atoms with Gasteiger partial charge in [-0.15, -0.1) is 0 Å². The van der Waals surface area contributed by atoms with Crippen LogP contribution in [0.1, 0.15) is 63.8 Å². The third-order valence-electron chi connectivity index (χ3n) is 9.76. The van der Waals surface area contributed by atoms with Crippen LogP contribution in [0.25, 0.3) is 0 Å². The smallest absolute Gasteiger partial charge is 0.326 e. The predicted octanol–water partition coefficient (Wildman–Crippen LogP) is 6.87. The number of sulfonamides is 1. The highest BCUT2D eigenvalue weighted by molar-refractivity contribution is 7.88. The van der Waals surface area contributed by atoms with Crippen LogP contribution in [0.15, 0.2) is 71.7 Å². The molecule has 3 aromatic carbocycles. The predicted molar refractivity (Wildman–Crippen MR) is 199 cm³/mol. The Kier molecular flexibility index (Phi) is 10.8. The number of halogens is 2. The van der Waals surface area contributed by atoms with Crippen molar-refractivity contribution in [2.75, 3.05) is 52.1 Å². The molecule has 3 aromatic rings. The number of nitrogens with zero attached hydrogens (tertiary/aromatic N) is 4. The summed E-state index contributed by atoms with van der Waals surface area (Å²) < 4.78 is 32.0. The van der Waals surface area contributed by atoms with E-state index in [2.05, 4.69) is 56.4 Å². The fraction of sp³-hybridized carbons (Fsp3) is 0.459. The molecule has 0 aromatic heterocycles. The molecule has 0 saturated carbocycles. The summed E-state index contributed by atoms with van der Waals surface area (Å²) in [5, 5.41) is 1.20. The molecule has 2 heterocycles. The second kappa shape index (κ2) is 14.2. The van der Waals surface area contributed by atoms with E-state index in [-0.39, 0.29) is 11.4 Å². The Morgan fingerprint density at radius 3 is 2.02 bits per heavy atom. The van der Waals surface area contributed by atoms with E-state index in [1.165, 1.54) is 0 Å². The van der Waals surface area contributed by atoms with Gasteiger partial charge in [0.1, 0.15) is 22.7 Å². The lowest BCUT2D eigenvalue weighted by Gasteiger charge is -2.47. The van der Waals surface area contributed by atoms with E-state index in [0.29, 0.717) is 67.5 Å². The van der Waals surface area contributed by atoms with Gasteiger partial charge >= 0.3 is 6.03 Å². The van der Waals surface area contributed by atoms with Crippen LogP contribution in [0.2, 0.25) is 10.0 Å². The number of carbonyl (C=O) groups is 1. The Morgan fingerprint density at radius 2 is 1.49 bits per heavy atom. The molecule has 9 nitrogen and oxygen atoms in total. The van der Waals surface area contributed by atoms with Crippen molar-refractivity contribution in [2.45, 2.75) is 58.0 Å². The number of ether oxygens (including phenoxy) is 1. The zero-order valence-corrected chi connectivity index (χ0v) is 31.7. The van der Waals surface area contributed by atoms with E-state index < -0.39 is 21.1 Å². The van der Waals surface area contributed by atoms with Gasteiger partial charge in [0.25, 0.3) is 0 Å². The maximum absolute atomic E-state index is 15.1. The van der Waals surface area contributed by atoms with Gasteiger partial charge in [-0.3, -0.25) is 14.8 Å². The molecular weight excluding hydrogens is 681 g/mol. The van der Waals surface area contributed by atoms with Crippen molar-refractivity contribution < 1.29 is 17.9 Å². The number of benzene rings is 3. The minimum atomic E-state index is -3.28. The Bertz CT molecular complexity index is 1800. The second-order valence-corrected chi connectivity index (χ2v) is 16.8. The molecule has 1 N–H and O–H groups in total. The number of aliphatic imine (C=N–C) groups is 1. The molecule has 0 spiro atoms. The monoisotopic (exact) mass is 727 g/mol. The summed E-state index contributed by atoms with van der Waals surface area (Å²) in [6, 6.07) is 21.3. The Hall–Kier alpha value is -3.15. The highest BCUT2D eigenvalue weighted by Gasteiger charge is 2.60. The maximum atomic E-state index is 15.1. The number of urea groups is 1. The minimum absolute atomic E-state index is 0.122. The van der Waals surface area contributed by atoms with Crippen LogP contribution in [-0.2, 0) is 26.5 Å². The van der Waals surface area contributed by atoms with Gasteiger partial charge in [0.05, 0.1) is 18.4 Å². The van der Waals surface area contributed by atoms with Crippen LogP contribution in [0.3, 0.4) is 0 Å². The molecular formula is C37H47Cl2N5O4S. The molecule has 0 unspecified atom stereocenters. The van der Waals surface area contributed by atoms with E-state index in [9.17, 15) is 8.42 Å². The molecule has 2 aliphatic heterocycles. The largest absolute Gasteiger partial charge is 0.493 e. The van der Waals surface area contributed by atoms with Gasteiger partial charge in [0.2, 0.25) is 10.0 Å². The third kappa shape index (κ3) is 7.64. The topological polar surface area (TPSA) is 94.6 Å². The summed E-state index contributed by atoms with van der Waals surface area (Å²) in [4.78, 5) is 26.5. The summed E-state index contributed by atoms with van der Waals surface area (Å²) in [6.45, 7) is 16.0. The number of carbonyl (C=O) groups excluding carboxylic acids is 1. The summed E-state index contributed by atoms with van der Waals surface area (Å²) in [6.07, 6.45) is 1.15. The molecule has 0 radical (unpaired) electrons. The standard InChI is InChI=1S/C37H47Cl2N5O4S/c1-8-48-32-25-28(35(2,3)4)13-18-31(32)33-41-36(5,26-9-14-29(38)15-10-26)37(6,27-11-16-30(39)17-12-27)44(33)34(45)43-23-21-42(22-24-43)20-19-40-49(7,46)47/h9-18,25,40H,8,19-24H2,1-7H3/t36-,37+/m0/s1. The van der Waals surface area contributed by atoms with E-state index in [1.54, 1.807) is 0 Å². The van der Waals surface area contributed by atoms with E-state index in [4.69, 9.17) is 32.9 Å². The fourth-order valence-corrected chi connectivity index (χ4v) is 7.42. The van der Waals surface area contributed by atoms with Gasteiger partial charge in [-0.2, -0.15) is 0 Å². The van der Waals surface area contributed by atoms with Gasteiger partial charge < -0.3 is 9.64 Å². The molecule has 1 saturated heterocycles. The Morgan fingerprint density at radius 1 is 0.918 bits per heavy atom. The van der Waals surface area contributed by atoms with Crippen LogP contribution < -0.4 is 9.46 Å². The van der Waals surface area contributed by atoms with Gasteiger partial charge in [-0.1, -0.05) is 74.3 Å². The fourth-order valence-electron chi connectivity index (χ4n) is 6.71. The van der Waals surface area contributed by atoms with E-state index in [0.717, 1.165) is 28.5 Å². The van der Waals surface area contributed by atoms with Crippen molar-refractivity contribution in [2.24, 2.45) is 4.99 Å². The molecule has 264 valence electrons. The van der Waals surface area contributed by atoms with Crippen molar-refractivity contribution in [1.82, 2.24) is 19.4 Å². The van der Waals surface area contributed by atoms with E-state index in [1.807, 2.05) is 71.3 Å². The zero-order chi connectivity index (χ0) is 35.8. The van der Waals surface area contributed by atoms with Crippen molar-refractivity contribution in [3.63, 3.8) is 0 Å². The van der Waals surface area contributed by atoms with Crippen LogP contribution in [0.5, 0.6) is 5.75 Å². The number of hydrogen-bond acceptors (Lipinski definition) is 6. The van der Waals surface area contributed by atoms with Crippen molar-refractivity contribution in [3.8, 4) is 5.75 Å². The third-order valence-corrected chi connectivity index (χ3v) is 11.0.